The summed E-state index contributed by atoms with van der Waals surface area (Å²) in [7, 11) is 3.77. The van der Waals surface area contributed by atoms with Crippen LogP contribution in [-0.4, -0.2) is 50.2 Å². The van der Waals surface area contributed by atoms with Gasteiger partial charge in [0.25, 0.3) is 0 Å². The van der Waals surface area contributed by atoms with Gasteiger partial charge in [-0.2, -0.15) is 0 Å². The Balaban J connectivity index is 2.32. The number of furan rings is 1. The van der Waals surface area contributed by atoms with E-state index in [4.69, 9.17) is 18.6 Å². The average molecular weight is 349 g/mol. The zero-order valence-corrected chi connectivity index (χ0v) is 15.1. The number of carbonyl (C=O) groups excluding carboxylic acids is 2. The normalized spacial score (nSPS) is 11.2. The maximum absolute atomic E-state index is 12.1. The van der Waals surface area contributed by atoms with Gasteiger partial charge in [-0.15, -0.1) is 0 Å². The van der Waals surface area contributed by atoms with Crippen molar-refractivity contribution in [3.63, 3.8) is 0 Å². The summed E-state index contributed by atoms with van der Waals surface area (Å²) in [4.78, 5) is 25.4. The van der Waals surface area contributed by atoms with Crippen molar-refractivity contribution in [2.24, 2.45) is 0 Å². The van der Waals surface area contributed by atoms with Gasteiger partial charge in [0.2, 0.25) is 5.76 Å². The molecule has 0 spiro atoms. The summed E-state index contributed by atoms with van der Waals surface area (Å²) in [6.07, 6.45) is -0.0620. The number of fused-ring (bicyclic) bond motifs is 1. The van der Waals surface area contributed by atoms with Crippen LogP contribution >= 0.6 is 0 Å². The van der Waals surface area contributed by atoms with Crippen molar-refractivity contribution in [1.29, 1.82) is 0 Å². The predicted molar refractivity (Wildman–Crippen MR) is 92.1 cm³/mol. The third-order valence-electron chi connectivity index (χ3n) is 3.17. The monoisotopic (exact) mass is 349 g/mol. The number of ether oxygens (including phenoxy) is 3. The first kappa shape index (κ1) is 18.8. The molecule has 1 aromatic carbocycles. The molecule has 0 atom stereocenters. The van der Waals surface area contributed by atoms with Crippen LogP contribution in [0, 0.1) is 0 Å². The van der Waals surface area contributed by atoms with Crippen LogP contribution in [0.15, 0.2) is 22.6 Å². The molecule has 0 saturated heterocycles. The van der Waals surface area contributed by atoms with Crippen molar-refractivity contribution in [1.82, 2.24) is 4.90 Å². The van der Waals surface area contributed by atoms with Gasteiger partial charge < -0.3 is 23.5 Å². The van der Waals surface area contributed by atoms with Gasteiger partial charge in [-0.1, -0.05) is 0 Å². The minimum Gasteiger partial charge on any atom is -0.491 e. The van der Waals surface area contributed by atoms with Gasteiger partial charge in [-0.05, 0) is 27.9 Å². The van der Waals surface area contributed by atoms with Crippen LogP contribution in [0.25, 0.3) is 11.0 Å². The summed E-state index contributed by atoms with van der Waals surface area (Å²) in [5.74, 6) is -0.237. The fourth-order valence-electron chi connectivity index (χ4n) is 2.15. The van der Waals surface area contributed by atoms with Crippen molar-refractivity contribution in [2.45, 2.75) is 26.9 Å². The number of rotatable bonds is 7. The number of hydrogen-bond acceptors (Lipinski definition) is 7. The van der Waals surface area contributed by atoms with Crippen LogP contribution in [0.3, 0.4) is 0 Å². The predicted octanol–water partition coefficient (Wildman–Crippen LogP) is 2.86. The molecule has 0 fully saturated rings. The maximum atomic E-state index is 12.1. The van der Waals surface area contributed by atoms with E-state index in [0.29, 0.717) is 23.3 Å². The fourth-order valence-corrected chi connectivity index (χ4v) is 2.15. The molecule has 2 rings (SSSR count). The quantitative estimate of drug-likeness (QED) is 0.562. The second-order valence-electron chi connectivity index (χ2n) is 6.14. The molecular formula is C18H23NO6. The van der Waals surface area contributed by atoms with Crippen LogP contribution in [-0.2, 0) is 9.53 Å². The van der Waals surface area contributed by atoms with E-state index in [9.17, 15) is 9.59 Å². The smallest absolute Gasteiger partial charge is 0.374 e. The highest BCUT2D eigenvalue weighted by Gasteiger charge is 2.19. The van der Waals surface area contributed by atoms with E-state index < -0.39 is 11.9 Å². The molecule has 0 aliphatic carbocycles. The Morgan fingerprint density at radius 3 is 2.52 bits per heavy atom. The Labute approximate surface area is 146 Å². The molecule has 0 bridgehead atoms. The number of nitrogens with zero attached hydrogens (tertiary/aromatic N) is 1. The third-order valence-corrected chi connectivity index (χ3v) is 3.17. The van der Waals surface area contributed by atoms with E-state index in [1.807, 2.05) is 32.8 Å². The number of carbonyl (C=O) groups is 2. The van der Waals surface area contributed by atoms with Crippen LogP contribution < -0.4 is 9.47 Å². The van der Waals surface area contributed by atoms with Gasteiger partial charge in [0.05, 0.1) is 11.5 Å². The topological polar surface area (TPSA) is 78.2 Å². The molecule has 0 amide bonds. The van der Waals surface area contributed by atoms with Crippen LogP contribution in [0.1, 0.15) is 31.3 Å². The molecule has 7 nitrogen and oxygen atoms in total. The molecule has 0 aliphatic heterocycles. The van der Waals surface area contributed by atoms with Crippen LogP contribution in [0.2, 0.25) is 0 Å². The summed E-state index contributed by atoms with van der Waals surface area (Å²) < 4.78 is 21.6. The van der Waals surface area contributed by atoms with Gasteiger partial charge in [0.15, 0.2) is 0 Å². The van der Waals surface area contributed by atoms with Crippen LogP contribution in [0.5, 0.6) is 11.5 Å². The number of benzene rings is 1. The van der Waals surface area contributed by atoms with E-state index in [0.717, 1.165) is 0 Å². The second kappa shape index (κ2) is 8.02. The third kappa shape index (κ3) is 5.22. The zero-order valence-electron chi connectivity index (χ0n) is 15.1. The molecule has 25 heavy (non-hydrogen) atoms. The van der Waals surface area contributed by atoms with E-state index in [-0.39, 0.29) is 24.2 Å². The molecule has 1 aromatic heterocycles. The van der Waals surface area contributed by atoms with Gasteiger partial charge in [0.1, 0.15) is 23.7 Å². The molecule has 0 aliphatic rings. The lowest BCUT2D eigenvalue weighted by molar-refractivity contribution is -0.131. The lowest BCUT2D eigenvalue weighted by atomic mass is 10.2. The summed E-state index contributed by atoms with van der Waals surface area (Å²) >= 11 is 0. The lowest BCUT2D eigenvalue weighted by Crippen LogP contribution is -2.19. The summed E-state index contributed by atoms with van der Waals surface area (Å²) in [6, 6.07) is 4.75. The minimum atomic E-state index is -0.571. The molecule has 7 heteroatoms. The Bertz CT molecular complexity index is 762. The SMILES string of the molecule is CC(=O)Oc1cc(OC(C)C)cc2oc(C(=O)OCCN(C)C)cc12. The molecule has 0 unspecified atom stereocenters. The first-order valence-corrected chi connectivity index (χ1v) is 8.00. The Morgan fingerprint density at radius 2 is 1.92 bits per heavy atom. The lowest BCUT2D eigenvalue weighted by Gasteiger charge is -2.11. The molecule has 136 valence electrons. The number of hydrogen-bond donors (Lipinski definition) is 0. The number of likely N-dealkylation sites (N-methyl/N-ethyl adjacent to an activating group) is 1. The maximum Gasteiger partial charge on any atom is 0.374 e. The van der Waals surface area contributed by atoms with Gasteiger partial charge in [0, 0.05) is 31.7 Å². The summed E-state index contributed by atoms with van der Waals surface area (Å²) in [5, 5.41) is 0.505. The van der Waals surface area contributed by atoms with Crippen molar-refractivity contribution >= 4 is 22.9 Å². The largest absolute Gasteiger partial charge is 0.491 e. The first-order valence-electron chi connectivity index (χ1n) is 8.00. The highest BCUT2D eigenvalue weighted by Crippen LogP contribution is 2.34. The highest BCUT2D eigenvalue weighted by atomic mass is 16.5. The molecule has 1 heterocycles. The average Bonchev–Trinajstić information content (AvgIpc) is 2.89. The van der Waals surface area contributed by atoms with Gasteiger partial charge in [-0.25, -0.2) is 4.79 Å². The molecule has 0 radical (unpaired) electrons. The summed E-state index contributed by atoms with van der Waals surface area (Å²) in [5.41, 5.74) is 0.383. The van der Waals surface area contributed by atoms with Gasteiger partial charge in [-0.3, -0.25) is 4.79 Å². The minimum absolute atomic E-state index is 0.0452. The van der Waals surface area contributed by atoms with Crippen LogP contribution in [0.4, 0.5) is 0 Å². The van der Waals surface area contributed by atoms with Crippen molar-refractivity contribution in [2.75, 3.05) is 27.2 Å². The van der Waals surface area contributed by atoms with E-state index in [2.05, 4.69) is 0 Å². The molecular weight excluding hydrogens is 326 g/mol. The summed E-state index contributed by atoms with van der Waals surface area (Å²) in [6.45, 7) is 5.92. The molecule has 0 saturated carbocycles. The Morgan fingerprint density at radius 1 is 1.20 bits per heavy atom. The Kier molecular flexibility index (Phi) is 6.03. The molecule has 0 N–H and O–H groups in total. The second-order valence-corrected chi connectivity index (χ2v) is 6.14. The molecule has 2 aromatic rings. The van der Waals surface area contributed by atoms with Crippen molar-refractivity contribution < 1.29 is 28.2 Å². The van der Waals surface area contributed by atoms with E-state index in [1.54, 1.807) is 12.1 Å². The van der Waals surface area contributed by atoms with Crippen molar-refractivity contribution in [3.05, 3.63) is 24.0 Å². The number of esters is 2. The standard InChI is InChI=1S/C18H23NO6/c1-11(2)23-13-8-15(24-12(3)20)14-10-17(25-16(14)9-13)18(21)22-7-6-19(4)5/h8-11H,6-7H2,1-5H3. The van der Waals surface area contributed by atoms with E-state index >= 15 is 0 Å². The van der Waals surface area contributed by atoms with Gasteiger partial charge >= 0.3 is 11.9 Å². The zero-order chi connectivity index (χ0) is 18.6. The first-order chi connectivity index (χ1) is 11.8. The van der Waals surface area contributed by atoms with Crippen molar-refractivity contribution in [3.8, 4) is 11.5 Å². The highest BCUT2D eigenvalue weighted by molar-refractivity contribution is 5.96. The van der Waals surface area contributed by atoms with E-state index in [1.165, 1.54) is 13.0 Å². The Hall–Kier alpha value is -2.54. The fraction of sp³-hybridized carbons (Fsp3) is 0.444.